The number of nitrogens with one attached hydrogen (secondary N) is 2. The van der Waals surface area contributed by atoms with E-state index in [1.54, 1.807) is 36.4 Å². The van der Waals surface area contributed by atoms with E-state index in [0.29, 0.717) is 37.3 Å². The topological polar surface area (TPSA) is 61.4 Å². The molecule has 28 heavy (non-hydrogen) atoms. The lowest BCUT2D eigenvalue weighted by Gasteiger charge is -2.18. The molecule has 0 spiro atoms. The van der Waals surface area contributed by atoms with Crippen molar-refractivity contribution in [2.24, 2.45) is 0 Å². The number of amides is 2. The Bertz CT molecular complexity index is 793. The number of carbonyl (C=O) groups is 2. The average molecular weight is 377 g/mol. The van der Waals surface area contributed by atoms with Gasteiger partial charge in [-0.25, -0.2) is 0 Å². The van der Waals surface area contributed by atoms with Crippen LogP contribution in [0.5, 0.6) is 0 Å². The molecule has 0 unspecified atom stereocenters. The van der Waals surface area contributed by atoms with E-state index < -0.39 is 0 Å². The van der Waals surface area contributed by atoms with Crippen LogP contribution < -0.4 is 10.6 Å². The van der Waals surface area contributed by atoms with Crippen LogP contribution in [-0.4, -0.2) is 36.3 Å². The van der Waals surface area contributed by atoms with Crippen LogP contribution in [0.25, 0.3) is 0 Å². The van der Waals surface area contributed by atoms with E-state index in [1.165, 1.54) is 0 Å². The summed E-state index contributed by atoms with van der Waals surface area (Å²) in [5.74, 6) is -0.188. The molecule has 2 N–H and O–H groups in total. The van der Waals surface area contributed by atoms with Crippen molar-refractivity contribution in [1.29, 1.82) is 0 Å². The Hall–Kier alpha value is -3.18. The molecule has 0 aliphatic carbocycles. The Morgan fingerprint density at radius 2 is 1.46 bits per heavy atom. The van der Waals surface area contributed by atoms with Gasteiger partial charge in [0.1, 0.15) is 0 Å². The summed E-state index contributed by atoms with van der Waals surface area (Å²) in [5, 5.41) is 5.74. The fourth-order valence-electron chi connectivity index (χ4n) is 2.77. The minimum absolute atomic E-state index is 0.0597. The third-order valence-corrected chi connectivity index (χ3v) is 4.06. The maximum atomic E-state index is 12.3. The van der Waals surface area contributed by atoms with Crippen LogP contribution >= 0.6 is 0 Å². The van der Waals surface area contributed by atoms with Gasteiger partial charge in [-0.3, -0.25) is 14.5 Å². The Labute approximate surface area is 166 Å². The van der Waals surface area contributed by atoms with Crippen molar-refractivity contribution in [2.45, 2.75) is 12.8 Å². The molecule has 0 saturated heterocycles. The van der Waals surface area contributed by atoms with Crippen molar-refractivity contribution in [2.75, 3.05) is 30.3 Å². The fraction of sp³-hybridized carbons (Fsp3) is 0.217. The van der Waals surface area contributed by atoms with E-state index in [4.69, 9.17) is 0 Å². The molecule has 0 aromatic heterocycles. The molecule has 0 radical (unpaired) electrons. The summed E-state index contributed by atoms with van der Waals surface area (Å²) in [6, 6.07) is 17.0. The van der Waals surface area contributed by atoms with Gasteiger partial charge in [0, 0.05) is 30.9 Å². The second-order valence-electron chi connectivity index (χ2n) is 6.43. The largest absolute Gasteiger partial charge is 0.326 e. The highest BCUT2D eigenvalue weighted by Crippen LogP contribution is 2.16. The maximum Gasteiger partial charge on any atom is 0.238 e. The third-order valence-electron chi connectivity index (χ3n) is 4.06. The standard InChI is InChI=1S/C23H27N3O2/c1-3-15-26(16-4-2)18-23(28)25-21-12-8-11-20(17-21)24-22(27)14-13-19-9-6-5-7-10-19/h3-12,17H,1-2,13-16,18H2,(H,24,27)(H,25,28). The molecule has 2 rings (SSSR count). The number of carbonyl (C=O) groups excluding carboxylic acids is 2. The first-order chi connectivity index (χ1) is 13.6. The van der Waals surface area contributed by atoms with Crippen LogP contribution in [0.15, 0.2) is 79.9 Å². The molecule has 0 bridgehead atoms. The van der Waals surface area contributed by atoms with Crippen LogP contribution in [0.1, 0.15) is 12.0 Å². The molecule has 0 aliphatic heterocycles. The highest BCUT2D eigenvalue weighted by atomic mass is 16.2. The van der Waals surface area contributed by atoms with E-state index in [1.807, 2.05) is 35.2 Å². The summed E-state index contributed by atoms with van der Waals surface area (Å²) in [6.07, 6.45) is 4.59. The molecule has 5 heteroatoms. The first-order valence-electron chi connectivity index (χ1n) is 9.28. The number of hydrogen-bond acceptors (Lipinski definition) is 3. The molecular weight excluding hydrogens is 350 g/mol. The molecule has 2 aromatic rings. The van der Waals surface area contributed by atoms with Gasteiger partial charge in [0.15, 0.2) is 0 Å². The smallest absolute Gasteiger partial charge is 0.238 e. The SMILES string of the molecule is C=CCN(CC=C)CC(=O)Nc1cccc(NC(=O)CCc2ccccc2)c1. The summed E-state index contributed by atoms with van der Waals surface area (Å²) in [6.45, 7) is 8.86. The number of rotatable bonds is 11. The molecule has 2 aromatic carbocycles. The quantitative estimate of drug-likeness (QED) is 0.585. The third kappa shape index (κ3) is 7.60. The Balaban J connectivity index is 1.86. The predicted octanol–water partition coefficient (Wildman–Crippen LogP) is 3.87. The van der Waals surface area contributed by atoms with Gasteiger partial charge in [0.25, 0.3) is 0 Å². The molecule has 2 amide bonds. The first kappa shape index (κ1) is 21.1. The van der Waals surface area contributed by atoms with E-state index in [0.717, 1.165) is 5.56 Å². The van der Waals surface area contributed by atoms with Crippen molar-refractivity contribution < 1.29 is 9.59 Å². The second-order valence-corrected chi connectivity index (χ2v) is 6.43. The zero-order valence-electron chi connectivity index (χ0n) is 16.1. The number of anilines is 2. The van der Waals surface area contributed by atoms with Crippen LogP contribution in [0.3, 0.4) is 0 Å². The number of aryl methyl sites for hydroxylation is 1. The molecular formula is C23H27N3O2. The molecule has 0 saturated carbocycles. The maximum absolute atomic E-state index is 12.3. The van der Waals surface area contributed by atoms with Gasteiger partial charge in [0.05, 0.1) is 6.54 Å². The molecule has 146 valence electrons. The zero-order valence-corrected chi connectivity index (χ0v) is 16.1. The van der Waals surface area contributed by atoms with Crippen molar-refractivity contribution in [1.82, 2.24) is 4.90 Å². The molecule has 0 aliphatic rings. The fourth-order valence-corrected chi connectivity index (χ4v) is 2.77. The van der Waals surface area contributed by atoms with Gasteiger partial charge in [-0.15, -0.1) is 13.2 Å². The first-order valence-corrected chi connectivity index (χ1v) is 9.28. The van der Waals surface area contributed by atoms with Crippen molar-refractivity contribution >= 4 is 23.2 Å². The van der Waals surface area contributed by atoms with Crippen LogP contribution in [0, 0.1) is 0 Å². The van der Waals surface area contributed by atoms with E-state index in [-0.39, 0.29) is 18.4 Å². The summed E-state index contributed by atoms with van der Waals surface area (Å²) < 4.78 is 0. The van der Waals surface area contributed by atoms with Crippen molar-refractivity contribution in [3.63, 3.8) is 0 Å². The monoisotopic (exact) mass is 377 g/mol. The van der Waals surface area contributed by atoms with E-state index in [2.05, 4.69) is 23.8 Å². The minimum Gasteiger partial charge on any atom is -0.326 e. The van der Waals surface area contributed by atoms with Gasteiger partial charge in [-0.1, -0.05) is 48.6 Å². The molecule has 0 atom stereocenters. The van der Waals surface area contributed by atoms with E-state index >= 15 is 0 Å². The minimum atomic E-state index is -0.128. The number of hydrogen-bond donors (Lipinski definition) is 2. The van der Waals surface area contributed by atoms with Gasteiger partial charge < -0.3 is 10.6 Å². The molecule has 0 fully saturated rings. The second kappa shape index (κ2) is 11.5. The van der Waals surface area contributed by atoms with Gasteiger partial charge in [-0.2, -0.15) is 0 Å². The highest BCUT2D eigenvalue weighted by Gasteiger charge is 2.09. The summed E-state index contributed by atoms with van der Waals surface area (Å²) >= 11 is 0. The lowest BCUT2D eigenvalue weighted by atomic mass is 10.1. The Morgan fingerprint density at radius 1 is 0.857 bits per heavy atom. The summed E-state index contributed by atoms with van der Waals surface area (Å²) in [7, 11) is 0. The zero-order chi connectivity index (χ0) is 20.2. The van der Waals surface area contributed by atoms with Crippen LogP contribution in [-0.2, 0) is 16.0 Å². The lowest BCUT2D eigenvalue weighted by Crippen LogP contribution is -2.33. The summed E-state index contributed by atoms with van der Waals surface area (Å²) in [4.78, 5) is 26.4. The molecule has 0 heterocycles. The lowest BCUT2D eigenvalue weighted by molar-refractivity contribution is -0.117. The van der Waals surface area contributed by atoms with Gasteiger partial charge in [-0.05, 0) is 30.2 Å². The number of benzene rings is 2. The van der Waals surface area contributed by atoms with Gasteiger partial charge in [0.2, 0.25) is 11.8 Å². The molecule has 5 nitrogen and oxygen atoms in total. The summed E-state index contributed by atoms with van der Waals surface area (Å²) in [5.41, 5.74) is 2.43. The predicted molar refractivity (Wildman–Crippen MR) is 115 cm³/mol. The van der Waals surface area contributed by atoms with Crippen LogP contribution in [0.4, 0.5) is 11.4 Å². The Morgan fingerprint density at radius 3 is 2.07 bits per heavy atom. The average Bonchev–Trinajstić information content (AvgIpc) is 2.68. The van der Waals surface area contributed by atoms with Crippen molar-refractivity contribution in [3.8, 4) is 0 Å². The van der Waals surface area contributed by atoms with Gasteiger partial charge >= 0.3 is 0 Å². The Kier molecular flexibility index (Phi) is 8.69. The van der Waals surface area contributed by atoms with E-state index in [9.17, 15) is 9.59 Å². The normalized spacial score (nSPS) is 10.3. The van der Waals surface area contributed by atoms with Crippen molar-refractivity contribution in [3.05, 3.63) is 85.5 Å². The number of nitrogens with zero attached hydrogens (tertiary/aromatic N) is 1. The highest BCUT2D eigenvalue weighted by molar-refractivity contribution is 5.94. The van der Waals surface area contributed by atoms with Crippen LogP contribution in [0.2, 0.25) is 0 Å².